The fourth-order valence-corrected chi connectivity index (χ4v) is 3.19. The number of halogens is 1. The van der Waals surface area contributed by atoms with Crippen LogP contribution in [0.3, 0.4) is 0 Å². The number of hydrogen-bond donors (Lipinski definition) is 1. The van der Waals surface area contributed by atoms with Gasteiger partial charge >= 0.3 is 0 Å². The monoisotopic (exact) mass is 383 g/mol. The lowest BCUT2D eigenvalue weighted by Crippen LogP contribution is -2.26. The molecule has 0 aliphatic rings. The van der Waals surface area contributed by atoms with E-state index in [0.717, 1.165) is 10.5 Å². The minimum absolute atomic E-state index is 0.0613. The first kappa shape index (κ1) is 18.2. The molecule has 0 amide bonds. The van der Waals surface area contributed by atoms with Crippen LogP contribution in [0, 0.1) is 17.1 Å². The van der Waals surface area contributed by atoms with Crippen molar-refractivity contribution >= 4 is 24.4 Å². The van der Waals surface area contributed by atoms with Crippen molar-refractivity contribution in [2.24, 2.45) is 0 Å². The van der Waals surface area contributed by atoms with Crippen molar-refractivity contribution in [3.8, 4) is 23.1 Å². The van der Waals surface area contributed by atoms with E-state index in [1.165, 1.54) is 28.8 Å². The number of benzene rings is 2. The summed E-state index contributed by atoms with van der Waals surface area (Å²) in [6.45, 7) is 0. The van der Waals surface area contributed by atoms with E-state index in [-0.39, 0.29) is 11.3 Å². The quantitative estimate of drug-likeness (QED) is 0.545. The molecule has 0 aliphatic heterocycles. The molecule has 2 aromatic carbocycles. The highest BCUT2D eigenvalue weighted by molar-refractivity contribution is 7.98. The predicted octanol–water partition coefficient (Wildman–Crippen LogP) is 4.06. The first-order valence-electron chi connectivity index (χ1n) is 7.66. The van der Waals surface area contributed by atoms with Crippen molar-refractivity contribution in [1.29, 1.82) is 5.26 Å². The zero-order valence-electron chi connectivity index (χ0n) is 13.8. The van der Waals surface area contributed by atoms with E-state index in [1.54, 1.807) is 11.8 Å². The first-order valence-corrected chi connectivity index (χ1v) is 9.52. The van der Waals surface area contributed by atoms with Gasteiger partial charge in [-0.1, -0.05) is 12.1 Å². The van der Waals surface area contributed by atoms with Gasteiger partial charge in [0, 0.05) is 16.2 Å². The molecular weight excluding hydrogens is 369 g/mol. The number of thiol groups is 1. The number of rotatable bonds is 4. The van der Waals surface area contributed by atoms with Crippen molar-refractivity contribution in [2.45, 2.75) is 10.6 Å². The molecular formula is C19H14FN3OS2. The number of aromatic nitrogens is 2. The Labute approximate surface area is 159 Å². The molecule has 0 N–H and O–H groups in total. The van der Waals surface area contributed by atoms with Crippen LogP contribution in [0.4, 0.5) is 4.39 Å². The molecule has 3 aromatic rings. The van der Waals surface area contributed by atoms with Crippen molar-refractivity contribution in [3.63, 3.8) is 0 Å². The smallest absolute Gasteiger partial charge is 0.267 e. The van der Waals surface area contributed by atoms with Gasteiger partial charge in [0.05, 0.1) is 11.4 Å². The summed E-state index contributed by atoms with van der Waals surface area (Å²) in [7, 11) is 0. The summed E-state index contributed by atoms with van der Waals surface area (Å²) in [6, 6.07) is 15.0. The van der Waals surface area contributed by atoms with Crippen LogP contribution in [0.25, 0.3) is 17.1 Å². The molecule has 0 atom stereocenters. The number of hydrogen-bond acceptors (Lipinski definition) is 5. The van der Waals surface area contributed by atoms with Gasteiger partial charge in [-0.3, -0.25) is 9.36 Å². The van der Waals surface area contributed by atoms with E-state index >= 15 is 0 Å². The number of nitrogens with zero attached hydrogens (tertiary/aromatic N) is 3. The molecule has 0 spiro atoms. The molecule has 0 aliphatic carbocycles. The Hall–Kier alpha value is -2.56. The van der Waals surface area contributed by atoms with Gasteiger partial charge in [0.15, 0.2) is 0 Å². The summed E-state index contributed by atoms with van der Waals surface area (Å²) < 4.78 is 14.6. The SMILES string of the molecule is CSc1ccc(-c2nc(CS)c(C#N)c(=O)n2-c2ccc(F)cc2)cc1. The summed E-state index contributed by atoms with van der Waals surface area (Å²) in [5.74, 6) is 0.142. The zero-order valence-corrected chi connectivity index (χ0v) is 15.5. The fourth-order valence-electron chi connectivity index (χ4n) is 2.56. The Bertz CT molecular complexity index is 1040. The van der Waals surface area contributed by atoms with Crippen LogP contribution >= 0.6 is 24.4 Å². The highest BCUT2D eigenvalue weighted by atomic mass is 32.2. The molecule has 0 fully saturated rings. The van der Waals surface area contributed by atoms with Gasteiger partial charge < -0.3 is 0 Å². The zero-order chi connectivity index (χ0) is 18.7. The highest BCUT2D eigenvalue weighted by Gasteiger charge is 2.18. The van der Waals surface area contributed by atoms with Crippen molar-refractivity contribution < 1.29 is 4.39 Å². The lowest BCUT2D eigenvalue weighted by Gasteiger charge is -2.15. The van der Waals surface area contributed by atoms with Crippen LogP contribution in [0.5, 0.6) is 0 Å². The Kier molecular flexibility index (Phi) is 5.45. The minimum atomic E-state index is -0.498. The van der Waals surface area contributed by atoms with Crippen LogP contribution in [0.15, 0.2) is 58.2 Å². The molecule has 7 heteroatoms. The Morgan fingerprint density at radius 1 is 1.19 bits per heavy atom. The van der Waals surface area contributed by atoms with E-state index in [2.05, 4.69) is 17.6 Å². The average Bonchev–Trinajstić information content (AvgIpc) is 2.68. The van der Waals surface area contributed by atoms with E-state index in [9.17, 15) is 14.4 Å². The van der Waals surface area contributed by atoms with Crippen LogP contribution < -0.4 is 5.56 Å². The Balaban J connectivity index is 2.33. The molecule has 26 heavy (non-hydrogen) atoms. The number of thioether (sulfide) groups is 1. The van der Waals surface area contributed by atoms with Crippen molar-refractivity contribution in [1.82, 2.24) is 9.55 Å². The Morgan fingerprint density at radius 2 is 1.85 bits per heavy atom. The average molecular weight is 383 g/mol. The van der Waals surface area contributed by atoms with Crippen LogP contribution in [-0.4, -0.2) is 15.8 Å². The van der Waals surface area contributed by atoms with Crippen LogP contribution in [-0.2, 0) is 5.75 Å². The van der Waals surface area contributed by atoms with Gasteiger partial charge in [-0.2, -0.15) is 17.9 Å². The maximum Gasteiger partial charge on any atom is 0.276 e. The maximum absolute atomic E-state index is 13.3. The highest BCUT2D eigenvalue weighted by Crippen LogP contribution is 2.24. The molecule has 4 nitrogen and oxygen atoms in total. The van der Waals surface area contributed by atoms with Gasteiger partial charge in [0.2, 0.25) is 0 Å². The molecule has 0 unspecified atom stereocenters. The van der Waals surface area contributed by atoms with Gasteiger partial charge in [0.25, 0.3) is 5.56 Å². The third kappa shape index (κ3) is 3.39. The summed E-state index contributed by atoms with van der Waals surface area (Å²) in [5, 5.41) is 9.38. The van der Waals surface area contributed by atoms with E-state index in [0.29, 0.717) is 17.2 Å². The van der Waals surface area contributed by atoms with Gasteiger partial charge in [-0.25, -0.2) is 9.37 Å². The van der Waals surface area contributed by atoms with E-state index < -0.39 is 11.4 Å². The summed E-state index contributed by atoms with van der Waals surface area (Å²) >= 11 is 5.80. The second-order valence-corrected chi connectivity index (χ2v) is 6.57. The third-order valence-corrected chi connectivity index (χ3v) is 4.90. The third-order valence-electron chi connectivity index (χ3n) is 3.85. The second-order valence-electron chi connectivity index (χ2n) is 5.37. The van der Waals surface area contributed by atoms with E-state index in [1.807, 2.05) is 36.6 Å². The molecule has 130 valence electrons. The van der Waals surface area contributed by atoms with Crippen molar-refractivity contribution in [3.05, 3.63) is 76.0 Å². The van der Waals surface area contributed by atoms with Crippen LogP contribution in [0.1, 0.15) is 11.3 Å². The molecule has 1 heterocycles. The topological polar surface area (TPSA) is 58.7 Å². The molecule has 3 rings (SSSR count). The van der Waals surface area contributed by atoms with Crippen molar-refractivity contribution in [2.75, 3.05) is 6.26 Å². The maximum atomic E-state index is 13.3. The largest absolute Gasteiger partial charge is 0.276 e. The normalized spacial score (nSPS) is 10.5. The predicted molar refractivity (Wildman–Crippen MR) is 104 cm³/mol. The lowest BCUT2D eigenvalue weighted by atomic mass is 10.1. The number of nitriles is 1. The standard InChI is InChI=1S/C19H14FN3OS2/c1-26-15-8-2-12(3-9-15)18-22-17(11-25)16(10-21)19(24)23(18)14-6-4-13(20)5-7-14/h2-9,25H,11H2,1H3. The Morgan fingerprint density at radius 3 is 2.38 bits per heavy atom. The van der Waals surface area contributed by atoms with Crippen LogP contribution in [0.2, 0.25) is 0 Å². The first-order chi connectivity index (χ1) is 12.6. The van der Waals surface area contributed by atoms with Gasteiger partial charge in [0.1, 0.15) is 23.3 Å². The van der Waals surface area contributed by atoms with Gasteiger partial charge in [-0.05, 0) is 42.7 Å². The molecule has 0 radical (unpaired) electrons. The molecule has 1 aromatic heterocycles. The summed E-state index contributed by atoms with van der Waals surface area (Å²) in [4.78, 5) is 18.5. The minimum Gasteiger partial charge on any atom is -0.267 e. The fraction of sp³-hybridized carbons (Fsp3) is 0.105. The molecule has 0 saturated carbocycles. The summed E-state index contributed by atoms with van der Waals surface area (Å²) in [5.41, 5.74) is 0.922. The molecule has 0 bridgehead atoms. The van der Waals surface area contributed by atoms with Gasteiger partial charge in [-0.15, -0.1) is 11.8 Å². The van der Waals surface area contributed by atoms with E-state index in [4.69, 9.17) is 0 Å². The second kappa shape index (κ2) is 7.77. The summed E-state index contributed by atoms with van der Waals surface area (Å²) in [6.07, 6.45) is 1.97. The lowest BCUT2D eigenvalue weighted by molar-refractivity contribution is 0.627. The molecule has 0 saturated heterocycles.